The first-order valence-electron chi connectivity index (χ1n) is 4.64. The Morgan fingerprint density at radius 2 is 2.00 bits per heavy atom. The molecule has 0 aliphatic rings. The van der Waals surface area contributed by atoms with Crippen molar-refractivity contribution < 1.29 is 17.9 Å². The molecule has 8 heteroatoms. The summed E-state index contributed by atoms with van der Waals surface area (Å²) in [5, 5.41) is 8.34. The van der Waals surface area contributed by atoms with Gasteiger partial charge in [-0.25, -0.2) is 9.52 Å². The third-order valence-corrected chi connectivity index (χ3v) is 2.46. The summed E-state index contributed by atoms with van der Waals surface area (Å²) in [4.78, 5) is 11.0. The van der Waals surface area contributed by atoms with Gasteiger partial charge in [0.05, 0.1) is 18.6 Å². The molecule has 0 aromatic rings. The summed E-state index contributed by atoms with van der Waals surface area (Å²) in [6.07, 6.45) is -1.45. The minimum atomic E-state index is -3.97. The van der Waals surface area contributed by atoms with E-state index < -0.39 is 28.4 Å². The lowest BCUT2D eigenvalue weighted by atomic mass is 10.3. The summed E-state index contributed by atoms with van der Waals surface area (Å²) >= 11 is 0. The molecule has 1 amide bonds. The van der Waals surface area contributed by atoms with E-state index in [2.05, 4.69) is 9.46 Å². The molecule has 0 heterocycles. The van der Waals surface area contributed by atoms with Gasteiger partial charge in [0.2, 0.25) is 0 Å². The quantitative estimate of drug-likeness (QED) is 0.726. The smallest absolute Gasteiger partial charge is 0.422 e. The SMILES string of the molecule is CC(CC#N)NS(=O)(=O)NC(=O)OC(C)C. The van der Waals surface area contributed by atoms with Crippen LogP contribution < -0.4 is 9.44 Å². The molecule has 1 unspecified atom stereocenters. The van der Waals surface area contributed by atoms with Crippen molar-refractivity contribution >= 4 is 16.3 Å². The molecule has 1 atom stereocenters. The van der Waals surface area contributed by atoms with Crippen LogP contribution in [0.3, 0.4) is 0 Å². The second-order valence-electron chi connectivity index (χ2n) is 3.44. The molecule has 0 spiro atoms. The molecule has 0 aromatic carbocycles. The molecular weight excluding hydrogens is 234 g/mol. The molecular formula is C8H15N3O4S. The number of amides is 1. The van der Waals surface area contributed by atoms with E-state index in [-0.39, 0.29) is 6.42 Å². The van der Waals surface area contributed by atoms with Crippen LogP contribution in [0.2, 0.25) is 0 Å². The lowest BCUT2D eigenvalue weighted by Crippen LogP contribution is -2.44. The topological polar surface area (TPSA) is 108 Å². The van der Waals surface area contributed by atoms with E-state index in [1.165, 1.54) is 6.92 Å². The van der Waals surface area contributed by atoms with Crippen LogP contribution in [0.25, 0.3) is 0 Å². The van der Waals surface area contributed by atoms with Gasteiger partial charge in [-0.1, -0.05) is 0 Å². The predicted molar refractivity (Wildman–Crippen MR) is 56.5 cm³/mol. The Labute approximate surface area is 95.0 Å². The number of nitriles is 1. The van der Waals surface area contributed by atoms with Crippen LogP contribution in [-0.4, -0.2) is 26.7 Å². The average molecular weight is 249 g/mol. The van der Waals surface area contributed by atoms with Gasteiger partial charge in [-0.05, 0) is 20.8 Å². The van der Waals surface area contributed by atoms with Gasteiger partial charge in [0.25, 0.3) is 0 Å². The zero-order valence-electron chi connectivity index (χ0n) is 9.35. The number of carbonyl (C=O) groups excluding carboxylic acids is 1. The maximum absolute atomic E-state index is 11.3. The van der Waals surface area contributed by atoms with E-state index in [0.717, 1.165) is 0 Å². The summed E-state index contributed by atoms with van der Waals surface area (Å²) in [6.45, 7) is 4.70. The molecule has 0 rings (SSSR count). The van der Waals surface area contributed by atoms with Gasteiger partial charge in [0.15, 0.2) is 0 Å². The fourth-order valence-electron chi connectivity index (χ4n) is 0.821. The summed E-state index contributed by atoms with van der Waals surface area (Å²) < 4.78 is 30.9. The molecule has 0 fully saturated rings. The van der Waals surface area contributed by atoms with E-state index in [9.17, 15) is 13.2 Å². The standard InChI is InChI=1S/C8H15N3O4S/c1-6(2)15-8(12)11-16(13,14)10-7(3)4-5-9/h6-7,10H,4H2,1-3H3,(H,11,12). The number of hydrogen-bond donors (Lipinski definition) is 2. The highest BCUT2D eigenvalue weighted by atomic mass is 32.2. The van der Waals surface area contributed by atoms with Crippen LogP contribution in [0, 0.1) is 11.3 Å². The van der Waals surface area contributed by atoms with Gasteiger partial charge in [-0.2, -0.15) is 18.4 Å². The predicted octanol–water partition coefficient (Wildman–Crippen LogP) is 0.258. The largest absolute Gasteiger partial charge is 0.446 e. The number of nitrogens with zero attached hydrogens (tertiary/aromatic N) is 1. The van der Waals surface area contributed by atoms with Crippen LogP contribution in [0.1, 0.15) is 27.2 Å². The van der Waals surface area contributed by atoms with Crippen LogP contribution in [-0.2, 0) is 14.9 Å². The minimum absolute atomic E-state index is 0.0140. The molecule has 0 saturated carbocycles. The van der Waals surface area contributed by atoms with Gasteiger partial charge in [0.1, 0.15) is 0 Å². The maximum Gasteiger partial charge on any atom is 0.422 e. The van der Waals surface area contributed by atoms with Gasteiger partial charge in [0, 0.05) is 6.04 Å². The molecule has 0 saturated heterocycles. The first kappa shape index (κ1) is 14.7. The lowest BCUT2D eigenvalue weighted by Gasteiger charge is -2.13. The monoisotopic (exact) mass is 249 g/mol. The number of carbonyl (C=O) groups is 1. The van der Waals surface area contributed by atoms with Crippen LogP contribution in [0.5, 0.6) is 0 Å². The van der Waals surface area contributed by atoms with Gasteiger partial charge < -0.3 is 4.74 Å². The van der Waals surface area contributed by atoms with Crippen LogP contribution in [0.4, 0.5) is 4.79 Å². The van der Waals surface area contributed by atoms with E-state index in [4.69, 9.17) is 5.26 Å². The van der Waals surface area contributed by atoms with Crippen molar-refractivity contribution in [2.45, 2.75) is 39.3 Å². The van der Waals surface area contributed by atoms with Crippen molar-refractivity contribution in [3.8, 4) is 6.07 Å². The second-order valence-corrected chi connectivity index (χ2v) is 4.89. The molecule has 0 aliphatic carbocycles. The van der Waals surface area contributed by atoms with E-state index in [1.807, 2.05) is 0 Å². The first-order chi connectivity index (χ1) is 7.26. The Hall–Kier alpha value is -1.33. The Morgan fingerprint density at radius 1 is 1.44 bits per heavy atom. The zero-order chi connectivity index (χ0) is 12.8. The molecule has 92 valence electrons. The summed E-state index contributed by atoms with van der Waals surface area (Å²) in [5.41, 5.74) is 0. The Morgan fingerprint density at radius 3 is 2.44 bits per heavy atom. The van der Waals surface area contributed by atoms with Crippen LogP contribution >= 0.6 is 0 Å². The van der Waals surface area contributed by atoms with Gasteiger partial charge in [-0.3, -0.25) is 0 Å². The second kappa shape index (κ2) is 6.30. The highest BCUT2D eigenvalue weighted by Crippen LogP contribution is 1.93. The fourth-order valence-corrected chi connectivity index (χ4v) is 1.76. The van der Waals surface area contributed by atoms with Crippen molar-refractivity contribution in [1.82, 2.24) is 9.44 Å². The minimum Gasteiger partial charge on any atom is -0.446 e. The van der Waals surface area contributed by atoms with Gasteiger partial charge in [-0.15, -0.1) is 0 Å². The first-order valence-corrected chi connectivity index (χ1v) is 6.12. The lowest BCUT2D eigenvalue weighted by molar-refractivity contribution is 0.121. The molecule has 0 radical (unpaired) electrons. The fraction of sp³-hybridized carbons (Fsp3) is 0.750. The Kier molecular flexibility index (Phi) is 5.77. The Balaban J connectivity index is 4.26. The molecule has 7 nitrogen and oxygen atoms in total. The normalized spacial score (nSPS) is 12.9. The molecule has 2 N–H and O–H groups in total. The average Bonchev–Trinajstić information content (AvgIpc) is 1.98. The molecule has 0 aliphatic heterocycles. The number of ether oxygens (including phenoxy) is 1. The van der Waals surface area contributed by atoms with Crippen molar-refractivity contribution in [2.24, 2.45) is 0 Å². The van der Waals surface area contributed by atoms with E-state index in [1.54, 1.807) is 24.6 Å². The van der Waals surface area contributed by atoms with Crippen LogP contribution in [0.15, 0.2) is 0 Å². The number of hydrogen-bond acceptors (Lipinski definition) is 5. The van der Waals surface area contributed by atoms with E-state index in [0.29, 0.717) is 0 Å². The highest BCUT2D eigenvalue weighted by molar-refractivity contribution is 7.88. The van der Waals surface area contributed by atoms with E-state index >= 15 is 0 Å². The maximum atomic E-state index is 11.3. The zero-order valence-corrected chi connectivity index (χ0v) is 10.2. The highest BCUT2D eigenvalue weighted by Gasteiger charge is 2.18. The van der Waals surface area contributed by atoms with Gasteiger partial charge >= 0.3 is 16.3 Å². The van der Waals surface area contributed by atoms with Crippen molar-refractivity contribution in [2.75, 3.05) is 0 Å². The Bertz CT molecular complexity index is 371. The number of rotatable bonds is 5. The van der Waals surface area contributed by atoms with Crippen molar-refractivity contribution in [1.29, 1.82) is 5.26 Å². The third kappa shape index (κ3) is 7.03. The molecule has 16 heavy (non-hydrogen) atoms. The van der Waals surface area contributed by atoms with Crippen molar-refractivity contribution in [3.63, 3.8) is 0 Å². The summed E-state index contributed by atoms with van der Waals surface area (Å²) in [7, 11) is -3.97. The molecule has 0 aromatic heterocycles. The van der Waals surface area contributed by atoms with Crippen molar-refractivity contribution in [3.05, 3.63) is 0 Å². The summed E-state index contributed by atoms with van der Waals surface area (Å²) in [6, 6.07) is 1.23. The summed E-state index contributed by atoms with van der Waals surface area (Å²) in [5.74, 6) is 0. The number of nitrogens with one attached hydrogen (secondary N) is 2. The molecule has 0 bridgehead atoms. The third-order valence-electron chi connectivity index (χ3n) is 1.31.